The Morgan fingerprint density at radius 3 is 0.976 bits per heavy atom. The number of phosphoric acid groups is 1. The van der Waals surface area contributed by atoms with Gasteiger partial charge >= 0.3 is 11.9 Å². The van der Waals surface area contributed by atoms with E-state index in [2.05, 4.69) is 160 Å². The molecular formula is C72H120NO8P. The molecule has 0 aromatic rings. The molecule has 2 unspecified atom stereocenters. The van der Waals surface area contributed by atoms with E-state index in [0.717, 1.165) is 135 Å². The van der Waals surface area contributed by atoms with E-state index >= 15 is 0 Å². The second-order valence-corrected chi connectivity index (χ2v) is 23.8. The normalized spacial score (nSPS) is 14.2. The Balaban J connectivity index is 4.18. The zero-order chi connectivity index (χ0) is 59.8. The summed E-state index contributed by atoms with van der Waals surface area (Å²) in [7, 11) is 1.14. The third kappa shape index (κ3) is 65.0. The molecule has 0 saturated carbocycles. The molecular weight excluding hydrogens is 1040 g/mol. The molecule has 0 spiro atoms. The lowest BCUT2D eigenvalue weighted by Crippen LogP contribution is -2.37. The van der Waals surface area contributed by atoms with Gasteiger partial charge in [0.2, 0.25) is 0 Å². The molecule has 0 rings (SSSR count). The molecule has 10 heteroatoms. The minimum atomic E-state index is -4.66. The fourth-order valence-electron chi connectivity index (χ4n) is 8.43. The van der Waals surface area contributed by atoms with Gasteiger partial charge < -0.3 is 27.9 Å². The first-order valence-corrected chi connectivity index (χ1v) is 34.0. The average Bonchev–Trinajstić information content (AvgIpc) is 3.46. The summed E-state index contributed by atoms with van der Waals surface area (Å²) in [6, 6.07) is 0. The number of likely N-dealkylation sites (N-methyl/N-ethyl adjacent to an activating group) is 1. The number of carbonyl (C=O) groups is 2. The van der Waals surface area contributed by atoms with Gasteiger partial charge in [0.15, 0.2) is 6.10 Å². The van der Waals surface area contributed by atoms with Crippen molar-refractivity contribution in [3.05, 3.63) is 146 Å². The first-order chi connectivity index (χ1) is 40.0. The van der Waals surface area contributed by atoms with E-state index in [9.17, 15) is 19.0 Å². The van der Waals surface area contributed by atoms with Crippen molar-refractivity contribution in [1.29, 1.82) is 0 Å². The molecule has 0 aliphatic rings. The Morgan fingerprint density at radius 2 is 0.659 bits per heavy atom. The van der Waals surface area contributed by atoms with Crippen LogP contribution in [-0.4, -0.2) is 70.0 Å². The Morgan fingerprint density at radius 1 is 0.378 bits per heavy atom. The number of phosphoric ester groups is 1. The number of quaternary nitrogens is 1. The highest BCUT2D eigenvalue weighted by molar-refractivity contribution is 7.45. The number of esters is 2. The van der Waals surface area contributed by atoms with Gasteiger partial charge in [-0.2, -0.15) is 0 Å². The number of allylic oxidation sites excluding steroid dienone is 24. The summed E-state index contributed by atoms with van der Waals surface area (Å²) in [6.07, 6.45) is 90.4. The van der Waals surface area contributed by atoms with Gasteiger partial charge in [-0.05, 0) is 116 Å². The van der Waals surface area contributed by atoms with Crippen LogP contribution in [0.5, 0.6) is 0 Å². The van der Waals surface area contributed by atoms with Gasteiger partial charge in [0.1, 0.15) is 19.8 Å². The first-order valence-electron chi connectivity index (χ1n) is 32.5. The van der Waals surface area contributed by atoms with Gasteiger partial charge in [-0.3, -0.25) is 14.2 Å². The zero-order valence-electron chi connectivity index (χ0n) is 52.9. The highest BCUT2D eigenvalue weighted by Crippen LogP contribution is 2.38. The molecule has 0 N–H and O–H groups in total. The molecule has 9 nitrogen and oxygen atoms in total. The van der Waals surface area contributed by atoms with Crippen LogP contribution in [0.25, 0.3) is 0 Å². The molecule has 0 heterocycles. The standard InChI is InChI=1S/C72H120NO8P/c1-6-8-10-12-14-16-18-20-22-24-26-28-30-32-34-35-36-37-39-41-43-45-47-49-51-53-55-57-59-61-63-65-72(75)81-70(69-80-82(76,77)79-67-66-73(3,4)5)68-78-71(74)64-62-60-58-56-54-52-50-48-46-44-42-40-38-33-31-29-27-25-23-21-19-17-15-13-11-9-7-2/h8-11,14-17,20-23,26-29,32,34,36-37,41,43,47,49,70H,6-7,12-13,18-19,24-25,30-31,33,35,38-40,42,44-46,48,50-69H2,1-5H3/b10-8-,11-9-,16-14-,17-15-,22-20-,23-21-,28-26-,29-27-,34-32-,37-36-,43-41-,49-47-. The second-order valence-electron chi connectivity index (χ2n) is 22.4. The number of hydrogen-bond acceptors (Lipinski definition) is 8. The van der Waals surface area contributed by atoms with Crippen LogP contribution in [0.1, 0.15) is 245 Å². The maximum Gasteiger partial charge on any atom is 0.306 e. The van der Waals surface area contributed by atoms with Crippen molar-refractivity contribution >= 4 is 19.8 Å². The third-order valence-electron chi connectivity index (χ3n) is 13.4. The summed E-state index contributed by atoms with van der Waals surface area (Å²) in [5, 5.41) is 0. The van der Waals surface area contributed by atoms with E-state index in [-0.39, 0.29) is 26.1 Å². The highest BCUT2D eigenvalue weighted by atomic mass is 31.2. The third-order valence-corrected chi connectivity index (χ3v) is 14.3. The van der Waals surface area contributed by atoms with Crippen molar-refractivity contribution in [3.8, 4) is 0 Å². The largest absolute Gasteiger partial charge is 0.756 e. The van der Waals surface area contributed by atoms with Crippen LogP contribution in [0.2, 0.25) is 0 Å². The topological polar surface area (TPSA) is 111 Å². The van der Waals surface area contributed by atoms with Gasteiger partial charge in [-0.1, -0.05) is 262 Å². The molecule has 0 fully saturated rings. The number of rotatable bonds is 58. The number of hydrogen-bond donors (Lipinski definition) is 0. The molecule has 0 bridgehead atoms. The lowest BCUT2D eigenvalue weighted by molar-refractivity contribution is -0.870. The second kappa shape index (κ2) is 61.5. The molecule has 0 aliphatic heterocycles. The smallest absolute Gasteiger partial charge is 0.306 e. The van der Waals surface area contributed by atoms with E-state index in [1.807, 2.05) is 21.1 Å². The van der Waals surface area contributed by atoms with Gasteiger partial charge in [-0.25, -0.2) is 0 Å². The van der Waals surface area contributed by atoms with Crippen molar-refractivity contribution in [3.63, 3.8) is 0 Å². The molecule has 0 aromatic heterocycles. The van der Waals surface area contributed by atoms with Crippen LogP contribution in [-0.2, 0) is 32.7 Å². The van der Waals surface area contributed by atoms with E-state index in [4.69, 9.17) is 18.5 Å². The van der Waals surface area contributed by atoms with Gasteiger partial charge in [-0.15, -0.1) is 0 Å². The maximum absolute atomic E-state index is 12.8. The minimum Gasteiger partial charge on any atom is -0.756 e. The predicted molar refractivity (Wildman–Crippen MR) is 350 cm³/mol. The van der Waals surface area contributed by atoms with Crippen LogP contribution < -0.4 is 4.89 Å². The SMILES string of the molecule is CC/C=C\C/C=C\C/C=C\C/C=C\C/C=C\C/C=C\C/C=C\C/C=C\CCCCCCCCC(=O)OC(COC(=O)CCCCCCCCCCCCCCCC/C=C\C/C=C\C/C=C\C/C=C\CC)COP(=O)([O-])OCC[N+](C)(C)C. The van der Waals surface area contributed by atoms with Crippen LogP contribution in [0, 0.1) is 0 Å². The Hall–Kier alpha value is -4.11. The molecule has 0 saturated heterocycles. The van der Waals surface area contributed by atoms with E-state index < -0.39 is 32.5 Å². The predicted octanol–water partition coefficient (Wildman–Crippen LogP) is 20.4. The number of nitrogens with zero attached hydrogens (tertiary/aromatic N) is 1. The fraction of sp³-hybridized carbons (Fsp3) is 0.639. The Kier molecular flexibility index (Phi) is 58.4. The van der Waals surface area contributed by atoms with Crippen LogP contribution in [0.4, 0.5) is 0 Å². The maximum atomic E-state index is 12.8. The number of unbranched alkanes of at least 4 members (excludes halogenated alkanes) is 20. The lowest BCUT2D eigenvalue weighted by atomic mass is 10.0. The van der Waals surface area contributed by atoms with Crippen molar-refractivity contribution in [2.45, 2.75) is 251 Å². The van der Waals surface area contributed by atoms with Gasteiger partial charge in [0, 0.05) is 12.8 Å². The summed E-state index contributed by atoms with van der Waals surface area (Å²) in [5.41, 5.74) is 0. The van der Waals surface area contributed by atoms with Gasteiger partial charge in [0.05, 0.1) is 27.7 Å². The summed E-state index contributed by atoms with van der Waals surface area (Å²) in [6.45, 7) is 3.99. The molecule has 466 valence electrons. The number of carbonyl (C=O) groups excluding carboxylic acids is 2. The van der Waals surface area contributed by atoms with Crippen molar-refractivity contribution in [1.82, 2.24) is 0 Å². The zero-order valence-corrected chi connectivity index (χ0v) is 53.8. The van der Waals surface area contributed by atoms with Crippen molar-refractivity contribution in [2.24, 2.45) is 0 Å². The van der Waals surface area contributed by atoms with E-state index in [0.29, 0.717) is 17.4 Å². The molecule has 82 heavy (non-hydrogen) atoms. The van der Waals surface area contributed by atoms with E-state index in [1.165, 1.54) is 77.0 Å². The summed E-state index contributed by atoms with van der Waals surface area (Å²) < 4.78 is 34.2. The van der Waals surface area contributed by atoms with Crippen LogP contribution in [0.3, 0.4) is 0 Å². The van der Waals surface area contributed by atoms with E-state index in [1.54, 1.807) is 0 Å². The van der Waals surface area contributed by atoms with Crippen LogP contribution in [0.15, 0.2) is 146 Å². The quantitative estimate of drug-likeness (QED) is 0.0195. The summed E-state index contributed by atoms with van der Waals surface area (Å²) >= 11 is 0. The first kappa shape index (κ1) is 77.9. The van der Waals surface area contributed by atoms with Crippen LogP contribution >= 0.6 is 7.82 Å². The minimum absolute atomic E-state index is 0.0415. The molecule has 0 radical (unpaired) electrons. The Bertz CT molecular complexity index is 1890. The number of ether oxygens (including phenoxy) is 2. The lowest BCUT2D eigenvalue weighted by Gasteiger charge is -2.28. The molecule has 0 aromatic carbocycles. The highest BCUT2D eigenvalue weighted by Gasteiger charge is 2.22. The fourth-order valence-corrected chi connectivity index (χ4v) is 9.16. The molecule has 0 aliphatic carbocycles. The average molecular weight is 1160 g/mol. The monoisotopic (exact) mass is 1160 g/mol. The van der Waals surface area contributed by atoms with Crippen molar-refractivity contribution in [2.75, 3.05) is 47.5 Å². The molecule has 0 amide bonds. The van der Waals surface area contributed by atoms with Crippen molar-refractivity contribution < 1.29 is 42.1 Å². The Labute approximate surface area is 503 Å². The summed E-state index contributed by atoms with van der Waals surface area (Å²) in [4.78, 5) is 38.0. The summed E-state index contributed by atoms with van der Waals surface area (Å²) in [5.74, 6) is -0.857. The van der Waals surface area contributed by atoms with Gasteiger partial charge in [0.25, 0.3) is 7.82 Å². The molecule has 2 atom stereocenters.